The molecular formula is C11H14F3N. The predicted octanol–water partition coefficient (Wildman–Crippen LogP) is 3.29. The van der Waals surface area contributed by atoms with E-state index in [0.29, 0.717) is 6.42 Å². The van der Waals surface area contributed by atoms with Gasteiger partial charge in [-0.15, -0.1) is 0 Å². The summed E-state index contributed by atoms with van der Waals surface area (Å²) in [6.07, 6.45) is -3.51. The minimum Gasteiger partial charge on any atom is -0.302 e. The number of nitrogens with one attached hydrogen (secondary N) is 1. The summed E-state index contributed by atoms with van der Waals surface area (Å²) in [6, 6.07) is 8.93. The van der Waals surface area contributed by atoms with Gasteiger partial charge >= 0.3 is 6.18 Å². The molecule has 1 aromatic rings. The van der Waals surface area contributed by atoms with Crippen molar-refractivity contribution in [3.05, 3.63) is 35.9 Å². The molecule has 1 nitrogen and oxygen atoms in total. The number of alkyl halides is 3. The molecule has 0 fully saturated rings. The summed E-state index contributed by atoms with van der Waals surface area (Å²) in [5.74, 6) is 0. The molecule has 0 aliphatic carbocycles. The summed E-state index contributed by atoms with van der Waals surface area (Å²) in [6.45, 7) is 0.918. The van der Waals surface area contributed by atoms with E-state index >= 15 is 0 Å². The lowest BCUT2D eigenvalue weighted by Gasteiger charge is -2.18. The molecule has 0 aromatic heterocycles. The van der Waals surface area contributed by atoms with E-state index in [9.17, 15) is 13.2 Å². The Bertz CT molecular complexity index is 282. The lowest BCUT2D eigenvalue weighted by atomic mass is 10.0. The highest BCUT2D eigenvalue weighted by Crippen LogP contribution is 2.19. The highest BCUT2D eigenvalue weighted by Gasteiger charge is 2.27. The van der Waals surface area contributed by atoms with Gasteiger partial charge in [0.15, 0.2) is 0 Å². The Labute approximate surface area is 87.3 Å². The lowest BCUT2D eigenvalue weighted by molar-refractivity contribution is -0.126. The standard InChI is InChI=1S/C11H14F3N/c1-2-10(15-8-11(12,13)14)9-6-4-3-5-7-9/h3-7,10,15H,2,8H2,1H3/t10-/m1/s1. The SMILES string of the molecule is CC[C@@H](NCC(F)(F)F)c1ccccc1. The maximum Gasteiger partial charge on any atom is 0.401 e. The van der Waals surface area contributed by atoms with Crippen LogP contribution < -0.4 is 5.32 Å². The van der Waals surface area contributed by atoms with Crippen LogP contribution in [-0.2, 0) is 0 Å². The quantitative estimate of drug-likeness (QED) is 0.816. The highest BCUT2D eigenvalue weighted by molar-refractivity contribution is 5.18. The van der Waals surface area contributed by atoms with Crippen LogP contribution in [0.2, 0.25) is 0 Å². The van der Waals surface area contributed by atoms with Crippen molar-refractivity contribution in [3.8, 4) is 0 Å². The molecule has 84 valence electrons. The van der Waals surface area contributed by atoms with Gasteiger partial charge in [0.05, 0.1) is 6.54 Å². The van der Waals surface area contributed by atoms with Crippen LogP contribution in [0.5, 0.6) is 0 Å². The van der Waals surface area contributed by atoms with Crippen LogP contribution in [0, 0.1) is 0 Å². The normalized spacial score (nSPS) is 13.9. The van der Waals surface area contributed by atoms with Gasteiger partial charge in [-0.1, -0.05) is 37.3 Å². The summed E-state index contributed by atoms with van der Waals surface area (Å²) in [5, 5.41) is 2.50. The van der Waals surface area contributed by atoms with Crippen molar-refractivity contribution in [2.75, 3.05) is 6.54 Å². The number of hydrogen-bond acceptors (Lipinski definition) is 1. The predicted molar refractivity (Wildman–Crippen MR) is 53.5 cm³/mol. The average Bonchev–Trinajstić information content (AvgIpc) is 2.19. The largest absolute Gasteiger partial charge is 0.401 e. The first-order valence-corrected chi connectivity index (χ1v) is 4.88. The van der Waals surface area contributed by atoms with Crippen LogP contribution in [0.4, 0.5) is 13.2 Å². The van der Waals surface area contributed by atoms with Crippen LogP contribution >= 0.6 is 0 Å². The third-order valence-electron chi connectivity index (χ3n) is 2.16. The molecule has 0 bridgehead atoms. The van der Waals surface area contributed by atoms with Gasteiger partial charge in [0, 0.05) is 6.04 Å². The van der Waals surface area contributed by atoms with E-state index in [2.05, 4.69) is 5.32 Å². The van der Waals surface area contributed by atoms with Gasteiger partial charge < -0.3 is 5.32 Å². The van der Waals surface area contributed by atoms with E-state index in [4.69, 9.17) is 0 Å². The molecule has 0 heterocycles. The number of hydrogen-bond donors (Lipinski definition) is 1. The van der Waals surface area contributed by atoms with E-state index in [1.807, 2.05) is 37.3 Å². The first-order valence-electron chi connectivity index (χ1n) is 4.88. The van der Waals surface area contributed by atoms with Crippen LogP contribution in [-0.4, -0.2) is 12.7 Å². The molecule has 15 heavy (non-hydrogen) atoms. The first kappa shape index (κ1) is 12.0. The van der Waals surface area contributed by atoms with Crippen molar-refractivity contribution >= 4 is 0 Å². The molecule has 0 aliphatic rings. The second-order valence-corrected chi connectivity index (χ2v) is 3.37. The molecule has 0 saturated heterocycles. The Hall–Kier alpha value is -1.03. The Morgan fingerprint density at radius 3 is 2.27 bits per heavy atom. The maximum atomic E-state index is 12.0. The molecule has 0 spiro atoms. The third-order valence-corrected chi connectivity index (χ3v) is 2.16. The molecule has 0 unspecified atom stereocenters. The fourth-order valence-corrected chi connectivity index (χ4v) is 1.42. The van der Waals surface area contributed by atoms with Crippen molar-refractivity contribution in [2.24, 2.45) is 0 Å². The van der Waals surface area contributed by atoms with Gasteiger partial charge in [0.25, 0.3) is 0 Å². The van der Waals surface area contributed by atoms with Gasteiger partial charge in [-0.25, -0.2) is 0 Å². The van der Waals surface area contributed by atoms with E-state index in [1.54, 1.807) is 0 Å². The second-order valence-electron chi connectivity index (χ2n) is 3.37. The van der Waals surface area contributed by atoms with Crippen LogP contribution in [0.25, 0.3) is 0 Å². The zero-order chi connectivity index (χ0) is 11.3. The summed E-state index contributed by atoms with van der Waals surface area (Å²) >= 11 is 0. The van der Waals surface area contributed by atoms with Crippen molar-refractivity contribution in [3.63, 3.8) is 0 Å². The van der Waals surface area contributed by atoms with E-state index in [-0.39, 0.29) is 6.04 Å². The van der Waals surface area contributed by atoms with Crippen molar-refractivity contribution < 1.29 is 13.2 Å². The lowest BCUT2D eigenvalue weighted by Crippen LogP contribution is -2.31. The van der Waals surface area contributed by atoms with Gasteiger partial charge in [-0.3, -0.25) is 0 Å². The van der Waals surface area contributed by atoms with E-state index in [1.165, 1.54) is 0 Å². The van der Waals surface area contributed by atoms with Crippen LogP contribution in [0.15, 0.2) is 30.3 Å². The summed E-state index contributed by atoms with van der Waals surface area (Å²) in [7, 11) is 0. The monoisotopic (exact) mass is 217 g/mol. The number of rotatable bonds is 4. The molecule has 1 N–H and O–H groups in total. The summed E-state index contributed by atoms with van der Waals surface area (Å²) in [5.41, 5.74) is 0.893. The zero-order valence-corrected chi connectivity index (χ0v) is 8.51. The molecule has 4 heteroatoms. The molecule has 1 rings (SSSR count). The molecule has 0 amide bonds. The van der Waals surface area contributed by atoms with Gasteiger partial charge in [0.1, 0.15) is 0 Å². The minimum atomic E-state index is -4.15. The fraction of sp³-hybridized carbons (Fsp3) is 0.455. The van der Waals surface area contributed by atoms with Gasteiger partial charge in [-0.05, 0) is 12.0 Å². The van der Waals surface area contributed by atoms with Crippen LogP contribution in [0.3, 0.4) is 0 Å². The summed E-state index contributed by atoms with van der Waals surface area (Å²) < 4.78 is 36.0. The molecule has 0 radical (unpaired) electrons. The highest BCUT2D eigenvalue weighted by atomic mass is 19.4. The summed E-state index contributed by atoms with van der Waals surface area (Å²) in [4.78, 5) is 0. The molecule has 1 atom stereocenters. The van der Waals surface area contributed by atoms with E-state index in [0.717, 1.165) is 5.56 Å². The minimum absolute atomic E-state index is 0.229. The molecular weight excluding hydrogens is 203 g/mol. The number of halogens is 3. The average molecular weight is 217 g/mol. The Morgan fingerprint density at radius 1 is 1.20 bits per heavy atom. The van der Waals surface area contributed by atoms with Crippen molar-refractivity contribution in [1.82, 2.24) is 5.32 Å². The Balaban J connectivity index is 2.58. The molecule has 1 aromatic carbocycles. The third kappa shape index (κ3) is 4.34. The second kappa shape index (κ2) is 5.16. The van der Waals surface area contributed by atoms with Crippen molar-refractivity contribution in [1.29, 1.82) is 0 Å². The smallest absolute Gasteiger partial charge is 0.302 e. The Morgan fingerprint density at radius 2 is 1.80 bits per heavy atom. The first-order chi connectivity index (χ1) is 7.03. The van der Waals surface area contributed by atoms with Gasteiger partial charge in [-0.2, -0.15) is 13.2 Å². The van der Waals surface area contributed by atoms with Crippen molar-refractivity contribution in [2.45, 2.75) is 25.6 Å². The number of benzene rings is 1. The zero-order valence-electron chi connectivity index (χ0n) is 8.51. The maximum absolute atomic E-state index is 12.0. The van der Waals surface area contributed by atoms with E-state index < -0.39 is 12.7 Å². The topological polar surface area (TPSA) is 12.0 Å². The van der Waals surface area contributed by atoms with Crippen LogP contribution in [0.1, 0.15) is 24.9 Å². The fourth-order valence-electron chi connectivity index (χ4n) is 1.42. The van der Waals surface area contributed by atoms with Gasteiger partial charge in [0.2, 0.25) is 0 Å². The molecule has 0 aliphatic heterocycles. The molecule has 0 saturated carbocycles. The Kier molecular flexibility index (Phi) is 4.15.